The number of rotatable bonds is 6. The summed E-state index contributed by atoms with van der Waals surface area (Å²) in [5.41, 5.74) is 1.97. The second kappa shape index (κ2) is 11.8. The highest BCUT2D eigenvalue weighted by Crippen LogP contribution is 2.25. The molecular weight excluding hydrogens is 486 g/mol. The normalized spacial score (nSPS) is 19.2. The highest BCUT2D eigenvalue weighted by atomic mass is 19.1. The zero-order valence-electron chi connectivity index (χ0n) is 21.4. The Kier molecular flexibility index (Phi) is 8.04. The number of likely N-dealkylation sites (tertiary alicyclic amines) is 2. The molecule has 6 nitrogen and oxygen atoms in total. The van der Waals surface area contributed by atoms with Crippen LogP contribution in [0.4, 0.5) is 8.78 Å². The maximum atomic E-state index is 13.5. The van der Waals surface area contributed by atoms with Crippen LogP contribution in [0.1, 0.15) is 36.8 Å². The van der Waals surface area contributed by atoms with Gasteiger partial charge in [0, 0.05) is 70.4 Å². The summed E-state index contributed by atoms with van der Waals surface area (Å²) < 4.78 is 33.1. The fraction of sp³-hybridized carbons (Fsp3) is 0.400. The second-order valence-electron chi connectivity index (χ2n) is 10.2. The monoisotopic (exact) mass is 518 g/mol. The van der Waals surface area contributed by atoms with Crippen LogP contribution in [-0.2, 0) is 11.3 Å². The van der Waals surface area contributed by atoms with E-state index in [0.717, 1.165) is 57.1 Å². The van der Waals surface area contributed by atoms with E-state index in [1.165, 1.54) is 12.1 Å². The van der Waals surface area contributed by atoms with Crippen LogP contribution in [0, 0.1) is 23.0 Å². The first-order valence-electron chi connectivity index (χ1n) is 13.2. The number of carbonyl (C=O) groups is 1. The molecule has 0 spiro atoms. The number of piperidine rings is 2. The van der Waals surface area contributed by atoms with Crippen molar-refractivity contribution in [2.24, 2.45) is 0 Å². The molecule has 3 aliphatic heterocycles. The van der Waals surface area contributed by atoms with Crippen LogP contribution in [0.2, 0.25) is 0 Å². The smallest absolute Gasteiger partial charge is 0.255 e. The van der Waals surface area contributed by atoms with Crippen LogP contribution >= 0.6 is 0 Å². The first kappa shape index (κ1) is 25.9. The third-order valence-electron chi connectivity index (χ3n) is 7.54. The molecule has 3 heterocycles. The van der Waals surface area contributed by atoms with Crippen molar-refractivity contribution in [3.63, 3.8) is 0 Å². The Morgan fingerprint density at radius 1 is 0.974 bits per heavy atom. The Morgan fingerprint density at radius 2 is 1.66 bits per heavy atom. The number of amides is 1. The van der Waals surface area contributed by atoms with Crippen molar-refractivity contribution in [2.75, 3.05) is 32.7 Å². The summed E-state index contributed by atoms with van der Waals surface area (Å²) >= 11 is 0. The molecule has 2 fully saturated rings. The third-order valence-corrected chi connectivity index (χ3v) is 7.54. The third kappa shape index (κ3) is 6.40. The van der Waals surface area contributed by atoms with Gasteiger partial charge >= 0.3 is 0 Å². The summed E-state index contributed by atoms with van der Waals surface area (Å²) in [6, 6.07) is 13.2. The first-order chi connectivity index (χ1) is 18.5. The topological polar surface area (TPSA) is 59.8 Å². The van der Waals surface area contributed by atoms with Gasteiger partial charge in [0.25, 0.3) is 5.91 Å². The van der Waals surface area contributed by atoms with E-state index >= 15 is 0 Å². The average Bonchev–Trinajstić information content (AvgIpc) is 2.93. The summed E-state index contributed by atoms with van der Waals surface area (Å²) in [5, 5.41) is 8.94. The molecule has 0 unspecified atom stereocenters. The van der Waals surface area contributed by atoms with Gasteiger partial charge in [-0.2, -0.15) is 5.26 Å². The molecule has 0 bridgehead atoms. The van der Waals surface area contributed by atoms with E-state index in [9.17, 15) is 13.6 Å². The molecular formula is C30H32F2N4O2. The molecule has 5 rings (SSSR count). The molecule has 0 N–H and O–H groups in total. The van der Waals surface area contributed by atoms with E-state index in [1.54, 1.807) is 12.1 Å². The van der Waals surface area contributed by atoms with Crippen molar-refractivity contribution in [1.82, 2.24) is 14.7 Å². The van der Waals surface area contributed by atoms with Gasteiger partial charge < -0.3 is 14.5 Å². The van der Waals surface area contributed by atoms with Crippen molar-refractivity contribution in [3.05, 3.63) is 89.2 Å². The molecule has 8 heteroatoms. The Labute approximate surface area is 222 Å². The number of nitrogens with zero attached hydrogens (tertiary/aromatic N) is 4. The number of hydrogen-bond donors (Lipinski definition) is 0. The van der Waals surface area contributed by atoms with Gasteiger partial charge in [0.2, 0.25) is 0 Å². The zero-order valence-corrected chi connectivity index (χ0v) is 21.4. The van der Waals surface area contributed by atoms with Crippen molar-refractivity contribution in [3.8, 4) is 11.8 Å². The zero-order chi connectivity index (χ0) is 26.5. The predicted molar refractivity (Wildman–Crippen MR) is 140 cm³/mol. The Morgan fingerprint density at radius 3 is 2.32 bits per heavy atom. The number of ether oxygens (including phenoxy) is 1. The molecule has 2 aromatic carbocycles. The first-order valence-corrected chi connectivity index (χ1v) is 13.2. The number of carbonyl (C=O) groups excluding carboxylic acids is 1. The van der Waals surface area contributed by atoms with Crippen molar-refractivity contribution >= 4 is 5.91 Å². The lowest BCUT2D eigenvalue weighted by molar-refractivity contribution is -0.128. The lowest BCUT2D eigenvalue weighted by Gasteiger charge is -2.39. The quantitative estimate of drug-likeness (QED) is 0.558. The SMILES string of the molecule is N#Cc1ccc(OC2CCN(C(=O)C3=CN(C4CCN(Cc5cc(F)cc(F)c5)CC4)CC=C3)CC2)cc1. The van der Waals surface area contributed by atoms with Crippen LogP contribution in [0.25, 0.3) is 0 Å². The minimum Gasteiger partial charge on any atom is -0.490 e. The van der Waals surface area contributed by atoms with E-state index in [2.05, 4.69) is 21.9 Å². The minimum absolute atomic E-state index is 0.0494. The molecule has 0 saturated carbocycles. The van der Waals surface area contributed by atoms with Gasteiger partial charge in [-0.15, -0.1) is 0 Å². The molecule has 3 aliphatic rings. The molecule has 0 radical (unpaired) electrons. The number of benzene rings is 2. The maximum absolute atomic E-state index is 13.5. The lowest BCUT2D eigenvalue weighted by Crippen LogP contribution is -2.45. The summed E-state index contributed by atoms with van der Waals surface area (Å²) in [4.78, 5) is 19.7. The van der Waals surface area contributed by atoms with Crippen molar-refractivity contribution in [1.29, 1.82) is 5.26 Å². The molecule has 2 saturated heterocycles. The summed E-state index contributed by atoms with van der Waals surface area (Å²) in [6.45, 7) is 4.27. The maximum Gasteiger partial charge on any atom is 0.255 e. The molecule has 0 aromatic heterocycles. The Bertz CT molecular complexity index is 1220. The highest BCUT2D eigenvalue weighted by Gasteiger charge is 2.28. The Balaban J connectivity index is 1.10. The largest absolute Gasteiger partial charge is 0.490 e. The van der Waals surface area contributed by atoms with Gasteiger partial charge in [0.15, 0.2) is 0 Å². The van der Waals surface area contributed by atoms with Gasteiger partial charge in [0.05, 0.1) is 17.2 Å². The minimum atomic E-state index is -0.541. The van der Waals surface area contributed by atoms with Crippen molar-refractivity contribution < 1.29 is 18.3 Å². The van der Waals surface area contributed by atoms with E-state index in [-0.39, 0.29) is 12.0 Å². The molecule has 38 heavy (non-hydrogen) atoms. The van der Waals surface area contributed by atoms with Crippen LogP contribution in [0.3, 0.4) is 0 Å². The predicted octanol–water partition coefficient (Wildman–Crippen LogP) is 4.63. The van der Waals surface area contributed by atoms with E-state index < -0.39 is 11.6 Å². The number of nitriles is 1. The molecule has 0 atom stereocenters. The molecule has 198 valence electrons. The number of hydrogen-bond acceptors (Lipinski definition) is 5. The van der Waals surface area contributed by atoms with Crippen LogP contribution < -0.4 is 4.74 Å². The van der Waals surface area contributed by atoms with Crippen molar-refractivity contribution in [2.45, 2.75) is 44.4 Å². The summed E-state index contributed by atoms with van der Waals surface area (Å²) in [7, 11) is 0. The molecule has 1 amide bonds. The van der Waals surface area contributed by atoms with Crippen LogP contribution in [0.5, 0.6) is 5.75 Å². The Hall–Kier alpha value is -3.70. The lowest BCUT2D eigenvalue weighted by atomic mass is 10.0. The van der Waals surface area contributed by atoms with Gasteiger partial charge in [0.1, 0.15) is 23.5 Å². The second-order valence-corrected chi connectivity index (χ2v) is 10.2. The van der Waals surface area contributed by atoms with Crippen LogP contribution in [0.15, 0.2) is 66.4 Å². The van der Waals surface area contributed by atoms with Crippen LogP contribution in [-0.4, -0.2) is 65.5 Å². The average molecular weight is 519 g/mol. The molecule has 0 aliphatic carbocycles. The van der Waals surface area contributed by atoms with Gasteiger partial charge in [-0.1, -0.05) is 12.2 Å². The van der Waals surface area contributed by atoms with E-state index in [1.807, 2.05) is 29.3 Å². The standard InChI is InChI=1S/C30H32F2N4O2/c31-25-16-23(17-26(32)18-25)20-34-12-7-27(8-13-34)36-11-1-2-24(21-36)30(37)35-14-9-29(10-15-35)38-28-5-3-22(19-33)4-6-28/h1-6,16-18,21,27,29H,7-15,20H2. The highest BCUT2D eigenvalue weighted by molar-refractivity contribution is 5.96. The van der Waals surface area contributed by atoms with E-state index in [4.69, 9.17) is 10.00 Å². The fourth-order valence-corrected chi connectivity index (χ4v) is 5.49. The summed E-state index contributed by atoms with van der Waals surface area (Å²) in [5.74, 6) is -0.286. The van der Waals surface area contributed by atoms with Gasteiger partial charge in [-0.25, -0.2) is 8.78 Å². The van der Waals surface area contributed by atoms with E-state index in [0.29, 0.717) is 42.4 Å². The fourth-order valence-electron chi connectivity index (χ4n) is 5.49. The molecule has 2 aromatic rings. The number of halogens is 2. The van der Waals surface area contributed by atoms with Gasteiger partial charge in [-0.3, -0.25) is 9.69 Å². The van der Waals surface area contributed by atoms with Gasteiger partial charge in [-0.05, 0) is 54.8 Å². The summed E-state index contributed by atoms with van der Waals surface area (Å²) in [6.07, 6.45) is 9.42.